The Morgan fingerprint density at radius 3 is 2.90 bits per heavy atom. The Morgan fingerprint density at radius 2 is 2.24 bits per heavy atom. The van der Waals surface area contributed by atoms with E-state index in [1.807, 2.05) is 0 Å². The molecule has 0 bridgehead atoms. The quantitative estimate of drug-likeness (QED) is 0.861. The number of nitrogens with one attached hydrogen (secondary N) is 2. The third-order valence-corrected chi connectivity index (χ3v) is 2.82. The molecular formula is C14H18N4O3. The highest BCUT2D eigenvalue weighted by Crippen LogP contribution is 2.09. The van der Waals surface area contributed by atoms with Crippen molar-refractivity contribution in [1.82, 2.24) is 20.4 Å². The largest absolute Gasteiger partial charge is 0.359 e. The van der Waals surface area contributed by atoms with Crippen molar-refractivity contribution in [2.24, 2.45) is 5.92 Å². The minimum Gasteiger partial charge on any atom is -0.359 e. The SMILES string of the molecule is Cc1ncc(C(=O)NCc2cc(CC(C)C)no2)c(=O)[nH]1. The third kappa shape index (κ3) is 4.01. The van der Waals surface area contributed by atoms with Gasteiger partial charge in [0.15, 0.2) is 5.76 Å². The molecule has 2 N–H and O–H groups in total. The first kappa shape index (κ1) is 15.0. The van der Waals surface area contributed by atoms with Crippen molar-refractivity contribution in [2.45, 2.75) is 33.7 Å². The van der Waals surface area contributed by atoms with E-state index in [9.17, 15) is 9.59 Å². The molecule has 0 aliphatic carbocycles. The highest BCUT2D eigenvalue weighted by molar-refractivity contribution is 5.93. The van der Waals surface area contributed by atoms with E-state index in [1.165, 1.54) is 6.20 Å². The summed E-state index contributed by atoms with van der Waals surface area (Å²) in [5.74, 6) is 1.00. The van der Waals surface area contributed by atoms with Gasteiger partial charge in [0, 0.05) is 12.3 Å². The number of amides is 1. The number of aryl methyl sites for hydroxylation is 1. The fraction of sp³-hybridized carbons (Fsp3) is 0.429. The fourth-order valence-electron chi connectivity index (χ4n) is 1.86. The van der Waals surface area contributed by atoms with E-state index < -0.39 is 11.5 Å². The van der Waals surface area contributed by atoms with E-state index in [-0.39, 0.29) is 12.1 Å². The van der Waals surface area contributed by atoms with Gasteiger partial charge in [-0.25, -0.2) is 4.98 Å². The zero-order valence-corrected chi connectivity index (χ0v) is 12.3. The van der Waals surface area contributed by atoms with Crippen LogP contribution in [0.25, 0.3) is 0 Å². The molecule has 2 aromatic rings. The summed E-state index contributed by atoms with van der Waals surface area (Å²) >= 11 is 0. The van der Waals surface area contributed by atoms with Gasteiger partial charge in [0.25, 0.3) is 11.5 Å². The lowest BCUT2D eigenvalue weighted by atomic mass is 10.1. The number of aromatic amines is 1. The molecule has 0 aliphatic rings. The van der Waals surface area contributed by atoms with E-state index in [4.69, 9.17) is 4.52 Å². The zero-order chi connectivity index (χ0) is 15.4. The van der Waals surface area contributed by atoms with Gasteiger partial charge in [-0.3, -0.25) is 9.59 Å². The Balaban J connectivity index is 1.97. The lowest BCUT2D eigenvalue weighted by Crippen LogP contribution is -2.29. The molecule has 0 aliphatic heterocycles. The van der Waals surface area contributed by atoms with E-state index in [2.05, 4.69) is 34.3 Å². The molecule has 0 radical (unpaired) electrons. The van der Waals surface area contributed by atoms with Crippen LogP contribution in [-0.4, -0.2) is 21.0 Å². The van der Waals surface area contributed by atoms with Gasteiger partial charge in [-0.15, -0.1) is 0 Å². The molecule has 0 saturated carbocycles. The summed E-state index contributed by atoms with van der Waals surface area (Å²) in [4.78, 5) is 29.9. The van der Waals surface area contributed by atoms with Crippen LogP contribution in [0.2, 0.25) is 0 Å². The lowest BCUT2D eigenvalue weighted by Gasteiger charge is -2.02. The number of H-pyrrole nitrogens is 1. The molecule has 7 nitrogen and oxygen atoms in total. The average Bonchev–Trinajstić information content (AvgIpc) is 2.82. The molecular weight excluding hydrogens is 272 g/mol. The van der Waals surface area contributed by atoms with E-state index >= 15 is 0 Å². The van der Waals surface area contributed by atoms with Gasteiger partial charge in [-0.05, 0) is 19.3 Å². The molecule has 2 rings (SSSR count). The highest BCUT2D eigenvalue weighted by atomic mass is 16.5. The van der Waals surface area contributed by atoms with E-state index in [0.29, 0.717) is 17.5 Å². The van der Waals surface area contributed by atoms with Gasteiger partial charge in [-0.2, -0.15) is 0 Å². The summed E-state index contributed by atoms with van der Waals surface area (Å²) in [6.45, 7) is 6.00. The number of hydrogen-bond acceptors (Lipinski definition) is 5. The van der Waals surface area contributed by atoms with E-state index in [1.54, 1.807) is 13.0 Å². The minimum absolute atomic E-state index is 0.0254. The van der Waals surface area contributed by atoms with Crippen molar-refractivity contribution in [1.29, 1.82) is 0 Å². The Labute approximate surface area is 121 Å². The molecule has 112 valence electrons. The summed E-state index contributed by atoms with van der Waals surface area (Å²) in [5.41, 5.74) is 0.365. The molecule has 0 aromatic carbocycles. The summed E-state index contributed by atoms with van der Waals surface area (Å²) < 4.78 is 5.13. The van der Waals surface area contributed by atoms with Crippen molar-refractivity contribution >= 4 is 5.91 Å². The molecule has 21 heavy (non-hydrogen) atoms. The normalized spacial score (nSPS) is 10.9. The van der Waals surface area contributed by atoms with Crippen LogP contribution in [0.4, 0.5) is 0 Å². The van der Waals surface area contributed by atoms with Crippen LogP contribution in [-0.2, 0) is 13.0 Å². The number of hydrogen-bond donors (Lipinski definition) is 2. The molecule has 0 fully saturated rings. The first-order chi connectivity index (χ1) is 9.95. The molecule has 0 atom stereocenters. The maximum atomic E-state index is 11.9. The van der Waals surface area contributed by atoms with Crippen LogP contribution >= 0.6 is 0 Å². The fourth-order valence-corrected chi connectivity index (χ4v) is 1.86. The first-order valence-electron chi connectivity index (χ1n) is 6.74. The van der Waals surface area contributed by atoms with Crippen LogP contribution in [0.5, 0.6) is 0 Å². The number of carbonyl (C=O) groups excluding carboxylic acids is 1. The van der Waals surface area contributed by atoms with Crippen LogP contribution in [0.3, 0.4) is 0 Å². The van der Waals surface area contributed by atoms with Gasteiger partial charge in [-0.1, -0.05) is 19.0 Å². The van der Waals surface area contributed by atoms with Crippen LogP contribution < -0.4 is 10.9 Å². The first-order valence-corrected chi connectivity index (χ1v) is 6.74. The van der Waals surface area contributed by atoms with Crippen molar-refractivity contribution in [3.63, 3.8) is 0 Å². The highest BCUT2D eigenvalue weighted by Gasteiger charge is 2.12. The maximum absolute atomic E-state index is 11.9. The van der Waals surface area contributed by atoms with Gasteiger partial charge in [0.05, 0.1) is 12.2 Å². The molecule has 2 aromatic heterocycles. The average molecular weight is 290 g/mol. The standard InChI is InChI=1S/C14H18N4O3/c1-8(2)4-10-5-11(21-18-10)6-16-13(19)12-7-15-9(3)17-14(12)20/h5,7-8H,4,6H2,1-3H3,(H,16,19)(H,15,17,20). The van der Waals surface area contributed by atoms with Gasteiger partial charge < -0.3 is 14.8 Å². The second-order valence-electron chi connectivity index (χ2n) is 5.28. The molecule has 0 spiro atoms. The summed E-state index contributed by atoms with van der Waals surface area (Å²) in [7, 11) is 0. The Hall–Kier alpha value is -2.44. The monoisotopic (exact) mass is 290 g/mol. The van der Waals surface area contributed by atoms with Crippen molar-refractivity contribution in [3.8, 4) is 0 Å². The Bertz CT molecular complexity index is 688. The second kappa shape index (κ2) is 6.34. The van der Waals surface area contributed by atoms with Gasteiger partial charge >= 0.3 is 0 Å². The predicted molar refractivity (Wildman–Crippen MR) is 75.8 cm³/mol. The van der Waals surface area contributed by atoms with Crippen LogP contribution in [0.1, 0.15) is 41.5 Å². The Morgan fingerprint density at radius 1 is 1.48 bits per heavy atom. The number of carbonyl (C=O) groups is 1. The van der Waals surface area contributed by atoms with Crippen molar-refractivity contribution in [3.05, 3.63) is 45.5 Å². The Kier molecular flexibility index (Phi) is 4.52. The predicted octanol–water partition coefficient (Wildman–Crippen LogP) is 1.19. The van der Waals surface area contributed by atoms with Gasteiger partial charge in [0.1, 0.15) is 11.4 Å². The maximum Gasteiger partial charge on any atom is 0.263 e. The lowest BCUT2D eigenvalue weighted by molar-refractivity contribution is 0.0945. The van der Waals surface area contributed by atoms with Crippen LogP contribution in [0, 0.1) is 12.8 Å². The van der Waals surface area contributed by atoms with Gasteiger partial charge in [0.2, 0.25) is 0 Å². The zero-order valence-electron chi connectivity index (χ0n) is 12.3. The smallest absolute Gasteiger partial charge is 0.263 e. The number of nitrogens with zero attached hydrogens (tertiary/aromatic N) is 2. The molecule has 1 amide bonds. The van der Waals surface area contributed by atoms with Crippen LogP contribution in [0.15, 0.2) is 21.6 Å². The third-order valence-electron chi connectivity index (χ3n) is 2.82. The minimum atomic E-state index is -0.495. The van der Waals surface area contributed by atoms with E-state index in [0.717, 1.165) is 12.1 Å². The molecule has 0 unspecified atom stereocenters. The molecule has 2 heterocycles. The summed E-state index contributed by atoms with van der Waals surface area (Å²) in [5, 5.41) is 6.54. The number of aromatic nitrogens is 3. The topological polar surface area (TPSA) is 101 Å². The molecule has 0 saturated heterocycles. The van der Waals surface area contributed by atoms with Crippen molar-refractivity contribution < 1.29 is 9.32 Å². The number of rotatable bonds is 5. The summed E-state index contributed by atoms with van der Waals surface area (Å²) in [6, 6.07) is 1.80. The summed E-state index contributed by atoms with van der Waals surface area (Å²) in [6.07, 6.45) is 2.08. The van der Waals surface area contributed by atoms with Crippen molar-refractivity contribution in [2.75, 3.05) is 0 Å². The molecule has 7 heteroatoms. The second-order valence-corrected chi connectivity index (χ2v) is 5.28.